The molecule has 1 N–H and O–H groups in total. The van der Waals surface area contributed by atoms with E-state index in [1.807, 2.05) is 6.92 Å². The van der Waals surface area contributed by atoms with Crippen LogP contribution in [0.3, 0.4) is 0 Å². The lowest BCUT2D eigenvalue weighted by molar-refractivity contribution is -0.139. The monoisotopic (exact) mass is 601 g/mol. The summed E-state index contributed by atoms with van der Waals surface area (Å²) in [6, 6.07) is 19.1. The van der Waals surface area contributed by atoms with Gasteiger partial charge in [-0.15, -0.1) is 0 Å². The van der Waals surface area contributed by atoms with Crippen molar-refractivity contribution in [3.05, 3.63) is 94.0 Å². The Morgan fingerprint density at radius 2 is 1.57 bits per heavy atom. The molecule has 7 nitrogen and oxygen atoms in total. The topological polar surface area (TPSA) is 86.8 Å². The highest BCUT2D eigenvalue weighted by Crippen LogP contribution is 2.31. The van der Waals surface area contributed by atoms with Crippen molar-refractivity contribution in [1.82, 2.24) is 10.2 Å². The number of nitrogens with one attached hydrogen (secondary N) is 1. The lowest BCUT2D eigenvalue weighted by atomic mass is 10.1. The van der Waals surface area contributed by atoms with E-state index in [-0.39, 0.29) is 34.1 Å². The predicted octanol–water partition coefficient (Wildman–Crippen LogP) is 5.97. The van der Waals surface area contributed by atoms with Crippen LogP contribution in [0, 0.1) is 6.92 Å². The number of nitrogens with zero attached hydrogens (tertiary/aromatic N) is 2. The van der Waals surface area contributed by atoms with Gasteiger partial charge < -0.3 is 10.2 Å². The normalized spacial score (nSPS) is 14.5. The largest absolute Gasteiger partial charge is 0.352 e. The van der Waals surface area contributed by atoms with E-state index in [9.17, 15) is 18.0 Å². The molecule has 1 fully saturated rings. The number of sulfonamides is 1. The van der Waals surface area contributed by atoms with Gasteiger partial charge in [-0.05, 0) is 68.7 Å². The summed E-state index contributed by atoms with van der Waals surface area (Å²) in [5.74, 6) is -0.820. The molecule has 0 unspecified atom stereocenters. The molecule has 1 aliphatic rings. The molecule has 0 aromatic heterocycles. The molecule has 0 aliphatic heterocycles. The standard InChI is InChI=1S/C30H33Cl2N3O4S/c1-21-11-17-26(18-12-21)40(38,39)35(28-10-6-5-9-27(28)32)20-29(36)34(19-23-13-15-24(31)16-14-23)22(2)30(37)33-25-7-3-4-8-25/h5-6,9-18,22,25H,3-4,7-8,19-20H2,1-2H3,(H,33,37)/t22-/m1/s1. The Balaban J connectivity index is 1.69. The van der Waals surface area contributed by atoms with Gasteiger partial charge in [0, 0.05) is 17.6 Å². The van der Waals surface area contributed by atoms with Crippen molar-refractivity contribution >= 4 is 50.7 Å². The van der Waals surface area contributed by atoms with Gasteiger partial charge in [-0.1, -0.05) is 78.0 Å². The van der Waals surface area contributed by atoms with E-state index >= 15 is 0 Å². The first-order valence-electron chi connectivity index (χ1n) is 13.2. The quantitative estimate of drug-likeness (QED) is 0.310. The van der Waals surface area contributed by atoms with E-state index in [0.29, 0.717) is 5.02 Å². The van der Waals surface area contributed by atoms with Gasteiger partial charge in [0.15, 0.2) is 0 Å². The zero-order valence-corrected chi connectivity index (χ0v) is 24.8. The number of hydrogen-bond donors (Lipinski definition) is 1. The minimum absolute atomic E-state index is 0.0297. The molecule has 212 valence electrons. The van der Waals surface area contributed by atoms with Crippen molar-refractivity contribution in [2.45, 2.75) is 63.1 Å². The number of anilines is 1. The molecule has 0 radical (unpaired) electrons. The average molecular weight is 603 g/mol. The Labute approximate surface area is 246 Å². The molecule has 2 amide bonds. The molecule has 1 aliphatic carbocycles. The molecule has 0 spiro atoms. The highest BCUT2D eigenvalue weighted by atomic mass is 35.5. The van der Waals surface area contributed by atoms with E-state index < -0.39 is 28.5 Å². The highest BCUT2D eigenvalue weighted by Gasteiger charge is 2.34. The van der Waals surface area contributed by atoms with Crippen molar-refractivity contribution in [1.29, 1.82) is 0 Å². The lowest BCUT2D eigenvalue weighted by Crippen LogP contribution is -2.52. The Morgan fingerprint density at radius 3 is 2.20 bits per heavy atom. The smallest absolute Gasteiger partial charge is 0.264 e. The molecule has 3 aromatic rings. The highest BCUT2D eigenvalue weighted by molar-refractivity contribution is 7.92. The van der Waals surface area contributed by atoms with Crippen LogP contribution in [0.1, 0.15) is 43.7 Å². The molecule has 0 bridgehead atoms. The maximum atomic E-state index is 14.0. The van der Waals surface area contributed by atoms with Gasteiger partial charge in [-0.2, -0.15) is 0 Å². The summed E-state index contributed by atoms with van der Waals surface area (Å²) in [5.41, 5.74) is 1.83. The van der Waals surface area contributed by atoms with Gasteiger partial charge in [0.25, 0.3) is 10.0 Å². The first-order chi connectivity index (χ1) is 19.1. The molecule has 3 aromatic carbocycles. The van der Waals surface area contributed by atoms with Crippen molar-refractivity contribution in [3.63, 3.8) is 0 Å². The van der Waals surface area contributed by atoms with Crippen LogP contribution in [0.4, 0.5) is 5.69 Å². The summed E-state index contributed by atoms with van der Waals surface area (Å²) >= 11 is 12.5. The minimum Gasteiger partial charge on any atom is -0.352 e. The molecular formula is C30H33Cl2N3O4S. The average Bonchev–Trinajstić information content (AvgIpc) is 3.44. The van der Waals surface area contributed by atoms with Gasteiger partial charge in [-0.25, -0.2) is 8.42 Å². The third-order valence-corrected chi connectivity index (χ3v) is 9.49. The minimum atomic E-state index is -4.18. The van der Waals surface area contributed by atoms with E-state index in [1.165, 1.54) is 17.0 Å². The lowest BCUT2D eigenvalue weighted by Gasteiger charge is -2.32. The summed E-state index contributed by atoms with van der Waals surface area (Å²) in [6.07, 6.45) is 3.91. The second-order valence-corrected chi connectivity index (χ2v) is 12.8. The van der Waals surface area contributed by atoms with Crippen molar-refractivity contribution in [2.24, 2.45) is 0 Å². The van der Waals surface area contributed by atoms with E-state index in [1.54, 1.807) is 67.6 Å². The number of para-hydroxylation sites is 1. The first kappa shape index (κ1) is 29.9. The Hall–Kier alpha value is -3.07. The Bertz CT molecular complexity index is 1440. The fraction of sp³-hybridized carbons (Fsp3) is 0.333. The number of rotatable bonds is 10. The third-order valence-electron chi connectivity index (χ3n) is 7.14. The van der Waals surface area contributed by atoms with Crippen LogP contribution in [0.5, 0.6) is 0 Å². The van der Waals surface area contributed by atoms with Crippen LogP contribution in [0.15, 0.2) is 77.7 Å². The van der Waals surface area contributed by atoms with Gasteiger partial charge in [0.05, 0.1) is 15.6 Å². The van der Waals surface area contributed by atoms with Crippen LogP contribution in [-0.4, -0.2) is 43.8 Å². The maximum Gasteiger partial charge on any atom is 0.264 e. The molecule has 40 heavy (non-hydrogen) atoms. The van der Waals surface area contributed by atoms with Crippen LogP contribution < -0.4 is 9.62 Å². The number of hydrogen-bond acceptors (Lipinski definition) is 4. The third kappa shape index (κ3) is 7.16. The number of benzene rings is 3. The van der Waals surface area contributed by atoms with E-state index in [2.05, 4.69) is 5.32 Å². The van der Waals surface area contributed by atoms with E-state index in [4.69, 9.17) is 23.2 Å². The number of carbonyl (C=O) groups is 2. The summed E-state index contributed by atoms with van der Waals surface area (Å²) in [5, 5.41) is 3.78. The molecular weight excluding hydrogens is 569 g/mol. The second kappa shape index (κ2) is 13.1. The van der Waals surface area contributed by atoms with Gasteiger partial charge in [0.2, 0.25) is 11.8 Å². The molecule has 0 heterocycles. The number of aryl methyl sites for hydroxylation is 1. The Kier molecular flexibility index (Phi) is 9.77. The van der Waals surface area contributed by atoms with Crippen molar-refractivity contribution in [2.75, 3.05) is 10.8 Å². The fourth-order valence-corrected chi connectivity index (χ4v) is 6.61. The SMILES string of the molecule is Cc1ccc(S(=O)(=O)N(CC(=O)N(Cc2ccc(Cl)cc2)[C@H](C)C(=O)NC2CCCC2)c2ccccc2Cl)cc1. The Morgan fingerprint density at radius 1 is 0.950 bits per heavy atom. The number of amides is 2. The molecule has 0 saturated heterocycles. The summed E-state index contributed by atoms with van der Waals surface area (Å²) in [7, 11) is -4.18. The fourth-order valence-electron chi connectivity index (χ4n) is 4.77. The molecule has 10 heteroatoms. The van der Waals surface area contributed by atoms with Crippen LogP contribution in [-0.2, 0) is 26.2 Å². The molecule has 4 rings (SSSR count). The summed E-state index contributed by atoms with van der Waals surface area (Å²) in [6.45, 7) is 3.07. The number of halogens is 2. The number of carbonyl (C=O) groups excluding carboxylic acids is 2. The first-order valence-corrected chi connectivity index (χ1v) is 15.4. The second-order valence-electron chi connectivity index (χ2n) is 10.1. The zero-order chi connectivity index (χ0) is 28.9. The van der Waals surface area contributed by atoms with Gasteiger partial charge in [0.1, 0.15) is 12.6 Å². The van der Waals surface area contributed by atoms with Crippen molar-refractivity contribution < 1.29 is 18.0 Å². The van der Waals surface area contributed by atoms with Gasteiger partial charge >= 0.3 is 0 Å². The molecule has 1 saturated carbocycles. The summed E-state index contributed by atoms with van der Waals surface area (Å²) in [4.78, 5) is 28.7. The van der Waals surface area contributed by atoms with Crippen LogP contribution in [0.2, 0.25) is 10.0 Å². The van der Waals surface area contributed by atoms with Crippen LogP contribution in [0.25, 0.3) is 0 Å². The van der Waals surface area contributed by atoms with E-state index in [0.717, 1.165) is 41.1 Å². The van der Waals surface area contributed by atoms with Crippen LogP contribution >= 0.6 is 23.2 Å². The zero-order valence-electron chi connectivity index (χ0n) is 22.5. The predicted molar refractivity (Wildman–Crippen MR) is 159 cm³/mol. The maximum absolute atomic E-state index is 14.0. The van der Waals surface area contributed by atoms with Crippen molar-refractivity contribution in [3.8, 4) is 0 Å². The molecule has 1 atom stereocenters. The summed E-state index contributed by atoms with van der Waals surface area (Å²) < 4.78 is 28.8. The van der Waals surface area contributed by atoms with Gasteiger partial charge in [-0.3, -0.25) is 13.9 Å².